The predicted octanol–water partition coefficient (Wildman–Crippen LogP) is 11.5. The van der Waals surface area contributed by atoms with Gasteiger partial charge in [0.05, 0.1) is 5.24 Å². The molecule has 2 amide bonds. The van der Waals surface area contributed by atoms with Crippen molar-refractivity contribution in [2.75, 3.05) is 13.1 Å². The monoisotopic (exact) mass is 664 g/mol. The second-order valence-corrected chi connectivity index (χ2v) is 12.5. The average molecular weight is 666 g/mol. The summed E-state index contributed by atoms with van der Waals surface area (Å²) in [5.74, 6) is 0. The number of carbonyl (C=O) groups excluding carboxylic acids is 2. The molecule has 0 aromatic rings. The predicted molar refractivity (Wildman–Crippen MR) is 182 cm³/mol. The Hall–Kier alpha value is 0.00338. The van der Waals surface area contributed by atoms with Crippen LogP contribution in [0.1, 0.15) is 194 Å². The van der Waals surface area contributed by atoms with Crippen molar-refractivity contribution in [2.24, 2.45) is 5.73 Å². The second-order valence-electron chi connectivity index (χ2n) is 11.8. The van der Waals surface area contributed by atoms with Crippen molar-refractivity contribution in [1.82, 2.24) is 4.90 Å². The number of rotatable bonds is 30. The van der Waals surface area contributed by atoms with Crippen LogP contribution in [0.4, 0.5) is 9.59 Å². The van der Waals surface area contributed by atoms with E-state index in [0.717, 1.165) is 25.9 Å². The summed E-state index contributed by atoms with van der Waals surface area (Å²) in [6.45, 7) is 6.32. The first kappa shape index (κ1) is 45.4. The maximum absolute atomic E-state index is 11.8. The van der Waals surface area contributed by atoms with Gasteiger partial charge in [-0.3, -0.25) is 0 Å². The molecule has 0 saturated carbocycles. The van der Waals surface area contributed by atoms with Gasteiger partial charge in [-0.15, -0.1) is 0 Å². The number of amides is 2. The van der Waals surface area contributed by atoms with Crippen molar-refractivity contribution in [3.05, 3.63) is 0 Å². The van der Waals surface area contributed by atoms with Crippen LogP contribution in [0.25, 0.3) is 0 Å². The van der Waals surface area contributed by atoms with E-state index >= 15 is 0 Å². The number of nitrogens with zero attached hydrogens (tertiary/aromatic N) is 1. The normalized spacial score (nSPS) is 10.5. The van der Waals surface area contributed by atoms with Crippen molar-refractivity contribution in [3.8, 4) is 0 Å². The third-order valence-corrected chi connectivity index (χ3v) is 8.08. The minimum absolute atomic E-state index is 0. The van der Waals surface area contributed by atoms with Crippen molar-refractivity contribution in [3.63, 3.8) is 0 Å². The van der Waals surface area contributed by atoms with Crippen molar-refractivity contribution >= 4 is 35.7 Å². The van der Waals surface area contributed by atoms with Gasteiger partial charge in [-0.25, -0.2) is 0 Å². The molecule has 4 nitrogen and oxygen atoms in total. The molecule has 0 aromatic carbocycles. The number of primary amides is 1. The minimum Gasteiger partial charge on any atom is -0.719 e. The van der Waals surface area contributed by atoms with Crippen LogP contribution in [0, 0.1) is 0 Å². The number of unbranched alkanes of at least 4 members (excludes halogenated alkanes) is 26. The van der Waals surface area contributed by atoms with E-state index in [-0.39, 0.29) is 24.7 Å². The van der Waals surface area contributed by atoms with Gasteiger partial charge in [-0.2, -0.15) is 0 Å². The van der Waals surface area contributed by atoms with Gasteiger partial charge in [0.15, 0.2) is 0 Å². The number of hydrogen-bond acceptors (Lipinski definition) is 4. The van der Waals surface area contributed by atoms with E-state index < -0.39 is 5.24 Å². The summed E-state index contributed by atoms with van der Waals surface area (Å²) in [7, 11) is 0. The van der Waals surface area contributed by atoms with Crippen LogP contribution in [0.5, 0.6) is 0 Å². The molecule has 0 rings (SSSR count). The molecular weight excluding hydrogens is 598 g/mol. The van der Waals surface area contributed by atoms with Gasteiger partial charge in [-0.1, -0.05) is 181 Å². The van der Waals surface area contributed by atoms with Crippen LogP contribution < -0.4 is 5.73 Å². The Morgan fingerprint density at radius 2 is 0.610 bits per heavy atom. The van der Waals surface area contributed by atoms with Crippen LogP contribution >= 0.6 is 0 Å². The maximum Gasteiger partial charge on any atom is 2.00 e. The van der Waals surface area contributed by atoms with Gasteiger partial charge in [0.25, 0.3) is 0 Å². The van der Waals surface area contributed by atoms with Gasteiger partial charge < -0.3 is 45.5 Å². The fourth-order valence-corrected chi connectivity index (χ4v) is 5.47. The van der Waals surface area contributed by atoms with Gasteiger partial charge in [0.2, 0.25) is 0 Å². The summed E-state index contributed by atoms with van der Waals surface area (Å²) in [6, 6.07) is 0. The summed E-state index contributed by atoms with van der Waals surface area (Å²) in [5.41, 5.74) is 4.29. The first-order valence-electron chi connectivity index (χ1n) is 17.4. The smallest absolute Gasteiger partial charge is 0.719 e. The zero-order chi connectivity index (χ0) is 29.9. The Labute approximate surface area is 280 Å². The Kier molecular flexibility index (Phi) is 44.3. The standard InChI is InChI=1S/C33H67NOS.CH3NOS.Zn/c1-3-5-7-9-11-13-15-17-19-21-23-25-27-29-31-34(33(35)36)32-30-28-26-24-22-20-18-16-14-12-10-8-6-4-2;2-1(3)4;/h3-32H2,1-2H3,(H,35,36);(H3,2,3,4);/q;;+2/p-2. The van der Waals surface area contributed by atoms with Gasteiger partial charge >= 0.3 is 19.5 Å². The summed E-state index contributed by atoms with van der Waals surface area (Å²) < 4.78 is 0. The molecule has 0 atom stereocenters. The molecule has 0 aromatic heterocycles. The molecule has 0 spiro atoms. The zero-order valence-corrected chi connectivity index (χ0v) is 32.2. The van der Waals surface area contributed by atoms with E-state index in [9.17, 15) is 4.79 Å². The number of hydrogen-bond donors (Lipinski definition) is 1. The number of carbonyl (C=O) groups is 2. The Morgan fingerprint density at radius 3 is 0.780 bits per heavy atom. The molecule has 41 heavy (non-hydrogen) atoms. The zero-order valence-electron chi connectivity index (χ0n) is 27.6. The van der Waals surface area contributed by atoms with Gasteiger partial charge in [0.1, 0.15) is 5.24 Å². The van der Waals surface area contributed by atoms with E-state index in [2.05, 4.69) is 32.2 Å². The molecule has 0 radical (unpaired) electrons. The van der Waals surface area contributed by atoms with E-state index in [0.29, 0.717) is 0 Å². The minimum atomic E-state index is -0.750. The first-order chi connectivity index (χ1) is 19.5. The SMILES string of the molecule is CCCCCCCCCCCCCCCCN(CCCCCCCCCCCCCCCC)C(=O)[S-].NC(=O)[S-].[Zn+2]. The summed E-state index contributed by atoms with van der Waals surface area (Å²) in [6.07, 6.45) is 38.4. The number of nitrogens with two attached hydrogens (primary N) is 1. The Morgan fingerprint density at radius 1 is 0.439 bits per heavy atom. The fourth-order valence-electron chi connectivity index (χ4n) is 5.29. The second kappa shape index (κ2) is 40.0. The van der Waals surface area contributed by atoms with Crippen LogP contribution in [0.15, 0.2) is 0 Å². The van der Waals surface area contributed by atoms with Gasteiger partial charge in [0, 0.05) is 13.1 Å². The summed E-state index contributed by atoms with van der Waals surface area (Å²) in [5, 5.41) is -0.889. The third-order valence-electron chi connectivity index (χ3n) is 7.82. The Balaban J connectivity index is -0.00000269. The molecule has 0 fully saturated rings. The Bertz CT molecular complexity index is 491. The summed E-state index contributed by atoms with van der Waals surface area (Å²) in [4.78, 5) is 22.8. The van der Waals surface area contributed by atoms with Crippen molar-refractivity contribution in [2.45, 2.75) is 194 Å². The van der Waals surface area contributed by atoms with Crippen LogP contribution in [0.2, 0.25) is 0 Å². The van der Waals surface area contributed by atoms with E-state index in [1.807, 2.05) is 4.90 Å². The summed E-state index contributed by atoms with van der Waals surface area (Å²) >= 11 is 8.75. The molecular formula is C34H68N2O2S2Zn. The van der Waals surface area contributed by atoms with Crippen LogP contribution in [-0.2, 0) is 44.7 Å². The van der Waals surface area contributed by atoms with E-state index in [4.69, 9.17) is 17.4 Å². The molecule has 0 saturated heterocycles. The topological polar surface area (TPSA) is 63.4 Å². The first-order valence-corrected chi connectivity index (χ1v) is 18.2. The maximum atomic E-state index is 11.8. The van der Waals surface area contributed by atoms with Gasteiger partial charge in [-0.05, 0) is 12.8 Å². The fraction of sp³-hybridized carbons (Fsp3) is 0.941. The van der Waals surface area contributed by atoms with Crippen LogP contribution in [0.3, 0.4) is 0 Å². The van der Waals surface area contributed by atoms with E-state index in [1.165, 1.54) is 167 Å². The molecule has 240 valence electrons. The average Bonchev–Trinajstić information content (AvgIpc) is 2.91. The quantitative estimate of drug-likeness (QED) is 0.0471. The molecule has 7 heteroatoms. The molecule has 0 aliphatic carbocycles. The third kappa shape index (κ3) is 44.6. The molecule has 0 aliphatic heterocycles. The molecule has 0 heterocycles. The largest absolute Gasteiger partial charge is 2.00 e. The molecule has 0 bridgehead atoms. The molecule has 0 aliphatic rings. The van der Waals surface area contributed by atoms with Crippen molar-refractivity contribution < 1.29 is 29.1 Å². The van der Waals surface area contributed by atoms with E-state index in [1.54, 1.807) is 0 Å². The molecule has 2 N–H and O–H groups in total. The van der Waals surface area contributed by atoms with Crippen molar-refractivity contribution in [1.29, 1.82) is 0 Å². The molecule has 0 unspecified atom stereocenters. The van der Waals surface area contributed by atoms with Crippen LogP contribution in [-0.4, -0.2) is 28.5 Å².